The van der Waals surface area contributed by atoms with Crippen molar-refractivity contribution in [1.29, 1.82) is 0 Å². The Balaban J connectivity index is 1.19. The van der Waals surface area contributed by atoms with Gasteiger partial charge in [-0.25, -0.2) is 9.48 Å². The Morgan fingerprint density at radius 1 is 0.854 bits per heavy atom. The minimum absolute atomic E-state index is 0.0401. The van der Waals surface area contributed by atoms with E-state index >= 15 is 0 Å². The Bertz CT molecular complexity index is 1490. The Labute approximate surface area is 243 Å². The normalized spacial score (nSPS) is 15.2. The molecule has 5 rings (SSSR count). The largest absolute Gasteiger partial charge is 0.385 e. The number of aromatic nitrogens is 3. The highest BCUT2D eigenvalue weighted by Gasteiger charge is 2.31. The zero-order chi connectivity index (χ0) is 29.0. The van der Waals surface area contributed by atoms with Gasteiger partial charge in [-0.15, -0.1) is 0 Å². The minimum atomic E-state index is -0.781. The Morgan fingerprint density at radius 2 is 1.44 bits per heavy atom. The lowest BCUT2D eigenvalue weighted by Crippen LogP contribution is -2.33. The summed E-state index contributed by atoms with van der Waals surface area (Å²) in [6.45, 7) is 10.9. The van der Waals surface area contributed by atoms with Crippen molar-refractivity contribution in [1.82, 2.24) is 14.3 Å². The minimum Gasteiger partial charge on any atom is -0.385 e. The molecule has 1 aliphatic rings. The van der Waals surface area contributed by atoms with Gasteiger partial charge in [0.25, 0.3) is 0 Å². The summed E-state index contributed by atoms with van der Waals surface area (Å²) < 4.78 is 8.82. The van der Waals surface area contributed by atoms with Gasteiger partial charge in [0.05, 0.1) is 12.1 Å². The van der Waals surface area contributed by atoms with Crippen LogP contribution in [0, 0.1) is 0 Å². The van der Waals surface area contributed by atoms with E-state index in [0.29, 0.717) is 39.1 Å². The number of nitrogens with zero attached hydrogens (tertiary/aromatic N) is 3. The van der Waals surface area contributed by atoms with E-state index in [-0.39, 0.29) is 11.1 Å². The van der Waals surface area contributed by atoms with E-state index in [1.165, 1.54) is 11.1 Å². The van der Waals surface area contributed by atoms with Crippen LogP contribution < -0.4 is 5.69 Å². The second-order valence-corrected chi connectivity index (χ2v) is 12.3. The van der Waals surface area contributed by atoms with Crippen LogP contribution >= 0.6 is 0 Å². The summed E-state index contributed by atoms with van der Waals surface area (Å²) in [7, 11) is 0. The third kappa shape index (κ3) is 6.71. The Kier molecular flexibility index (Phi) is 8.62. The maximum absolute atomic E-state index is 13.0. The SMILES string of the molecule is CCn1c(CCCc2ccc(-c3ccc(C4(O)CCOCC4)cc3)cc2)nn(Cc2ccc(C(C)(C)C)cc2)c1=O. The van der Waals surface area contributed by atoms with Crippen LogP contribution in [0.1, 0.15) is 75.0 Å². The van der Waals surface area contributed by atoms with Crippen LogP contribution in [0.5, 0.6) is 0 Å². The van der Waals surface area contributed by atoms with E-state index in [2.05, 4.69) is 81.4 Å². The standard InChI is InChI=1S/C35H43N3O3/c1-5-37-32(36-38(33(37)39)25-27-11-17-30(18-12-27)34(2,3)4)8-6-7-26-9-13-28(14-10-26)29-15-19-31(20-16-29)35(40)21-23-41-24-22-35/h9-20,40H,5-8,21-25H2,1-4H3. The van der Waals surface area contributed by atoms with Crippen molar-refractivity contribution in [2.45, 2.75) is 83.9 Å². The summed E-state index contributed by atoms with van der Waals surface area (Å²) in [5, 5.41) is 15.7. The van der Waals surface area contributed by atoms with Gasteiger partial charge in [-0.2, -0.15) is 5.10 Å². The maximum Gasteiger partial charge on any atom is 0.346 e. The molecule has 1 fully saturated rings. The molecule has 1 saturated heterocycles. The van der Waals surface area contributed by atoms with Crippen molar-refractivity contribution >= 4 is 0 Å². The number of aliphatic hydroxyl groups is 1. The van der Waals surface area contributed by atoms with Gasteiger partial charge in [-0.05, 0) is 58.6 Å². The second-order valence-electron chi connectivity index (χ2n) is 12.3. The Morgan fingerprint density at radius 3 is 2.02 bits per heavy atom. The highest BCUT2D eigenvalue weighted by Crippen LogP contribution is 2.33. The molecule has 0 amide bonds. The average molecular weight is 554 g/mol. The number of hydrogen-bond donors (Lipinski definition) is 1. The molecule has 0 spiro atoms. The van der Waals surface area contributed by atoms with Crippen LogP contribution in [-0.4, -0.2) is 32.7 Å². The molecule has 0 unspecified atom stereocenters. The summed E-state index contributed by atoms with van der Waals surface area (Å²) >= 11 is 0. The van der Waals surface area contributed by atoms with Gasteiger partial charge >= 0.3 is 5.69 Å². The summed E-state index contributed by atoms with van der Waals surface area (Å²) in [6, 6.07) is 25.5. The quantitative estimate of drug-likeness (QED) is 0.266. The first-order valence-corrected chi connectivity index (χ1v) is 14.9. The maximum atomic E-state index is 13.0. The van der Waals surface area contributed by atoms with Crippen LogP contribution in [0.15, 0.2) is 77.6 Å². The Hall–Kier alpha value is -3.48. The van der Waals surface area contributed by atoms with Crippen LogP contribution in [0.3, 0.4) is 0 Å². The van der Waals surface area contributed by atoms with Gasteiger partial charge in [0, 0.05) is 39.0 Å². The van der Waals surface area contributed by atoms with Gasteiger partial charge < -0.3 is 9.84 Å². The van der Waals surface area contributed by atoms with Crippen molar-refractivity contribution in [2.24, 2.45) is 0 Å². The zero-order valence-electron chi connectivity index (χ0n) is 24.9. The van der Waals surface area contributed by atoms with Gasteiger partial charge in [0.2, 0.25) is 0 Å². The molecule has 0 aliphatic carbocycles. The van der Waals surface area contributed by atoms with E-state index in [9.17, 15) is 9.90 Å². The molecule has 0 atom stereocenters. The highest BCUT2D eigenvalue weighted by molar-refractivity contribution is 5.64. The predicted octanol–water partition coefficient (Wildman–Crippen LogP) is 6.25. The van der Waals surface area contributed by atoms with Crippen LogP contribution in [0.2, 0.25) is 0 Å². The van der Waals surface area contributed by atoms with Gasteiger partial charge in [-0.3, -0.25) is 4.57 Å². The second kappa shape index (κ2) is 12.2. The van der Waals surface area contributed by atoms with E-state index in [4.69, 9.17) is 9.84 Å². The van der Waals surface area contributed by atoms with Crippen molar-refractivity contribution < 1.29 is 9.84 Å². The van der Waals surface area contributed by atoms with E-state index in [1.54, 1.807) is 9.25 Å². The van der Waals surface area contributed by atoms with Gasteiger partial charge in [0.15, 0.2) is 0 Å². The molecule has 6 nitrogen and oxygen atoms in total. The van der Waals surface area contributed by atoms with Crippen molar-refractivity contribution in [2.75, 3.05) is 13.2 Å². The molecule has 2 heterocycles. The molecule has 6 heteroatoms. The van der Waals surface area contributed by atoms with Crippen LogP contribution in [0.25, 0.3) is 11.1 Å². The lowest BCUT2D eigenvalue weighted by molar-refractivity contribution is -0.0679. The van der Waals surface area contributed by atoms with Crippen molar-refractivity contribution in [3.8, 4) is 11.1 Å². The summed E-state index contributed by atoms with van der Waals surface area (Å²) in [4.78, 5) is 13.0. The molecule has 1 N–H and O–H groups in total. The van der Waals surface area contributed by atoms with E-state index < -0.39 is 5.60 Å². The molecule has 4 aromatic rings. The van der Waals surface area contributed by atoms with Crippen molar-refractivity contribution in [3.05, 3.63) is 111 Å². The predicted molar refractivity (Wildman–Crippen MR) is 164 cm³/mol. The lowest BCUT2D eigenvalue weighted by Gasteiger charge is -2.32. The smallest absolute Gasteiger partial charge is 0.346 e. The molecule has 0 saturated carbocycles. The van der Waals surface area contributed by atoms with Crippen molar-refractivity contribution in [3.63, 3.8) is 0 Å². The number of ether oxygens (including phenoxy) is 1. The number of aryl methyl sites for hydroxylation is 2. The van der Waals surface area contributed by atoms with Crippen LogP contribution in [-0.2, 0) is 41.7 Å². The van der Waals surface area contributed by atoms with E-state index in [1.807, 2.05) is 19.1 Å². The first-order valence-electron chi connectivity index (χ1n) is 14.9. The topological polar surface area (TPSA) is 69.3 Å². The average Bonchev–Trinajstić information content (AvgIpc) is 3.27. The molecule has 1 aromatic heterocycles. The van der Waals surface area contributed by atoms with E-state index in [0.717, 1.165) is 47.3 Å². The third-order valence-corrected chi connectivity index (χ3v) is 8.36. The number of rotatable bonds is 9. The third-order valence-electron chi connectivity index (χ3n) is 8.36. The molecular formula is C35H43N3O3. The number of hydrogen-bond acceptors (Lipinski definition) is 4. The fraction of sp³-hybridized carbons (Fsp3) is 0.429. The molecule has 1 aliphatic heterocycles. The summed E-state index contributed by atoms with van der Waals surface area (Å²) in [5.41, 5.74) is 6.19. The van der Waals surface area contributed by atoms with Gasteiger partial charge in [0.1, 0.15) is 5.82 Å². The fourth-order valence-corrected chi connectivity index (χ4v) is 5.66. The fourth-order valence-electron chi connectivity index (χ4n) is 5.66. The molecule has 0 radical (unpaired) electrons. The summed E-state index contributed by atoms with van der Waals surface area (Å²) in [6.07, 6.45) is 3.89. The molecule has 216 valence electrons. The highest BCUT2D eigenvalue weighted by atomic mass is 16.5. The lowest BCUT2D eigenvalue weighted by atomic mass is 9.86. The van der Waals surface area contributed by atoms with Crippen LogP contribution in [0.4, 0.5) is 0 Å². The number of benzene rings is 3. The first kappa shape index (κ1) is 29.0. The molecule has 0 bridgehead atoms. The molecule has 3 aromatic carbocycles. The first-order chi connectivity index (χ1) is 19.7. The summed E-state index contributed by atoms with van der Waals surface area (Å²) in [5.74, 6) is 0.853. The molecule has 41 heavy (non-hydrogen) atoms. The van der Waals surface area contributed by atoms with Gasteiger partial charge in [-0.1, -0.05) is 93.6 Å². The monoisotopic (exact) mass is 553 g/mol. The zero-order valence-corrected chi connectivity index (χ0v) is 24.9. The molecular weight excluding hydrogens is 510 g/mol.